The molecule has 0 bridgehead atoms. The number of nitrogens with zero attached hydrogens (tertiary/aromatic N) is 2. The van der Waals surface area contributed by atoms with E-state index in [-0.39, 0.29) is 0 Å². The molecule has 0 saturated carbocycles. The molecule has 1 aliphatic heterocycles. The zero-order valence-electron chi connectivity index (χ0n) is 16.4. The number of hydrogen-bond acceptors (Lipinski definition) is 5. The van der Waals surface area contributed by atoms with Gasteiger partial charge < -0.3 is 18.9 Å². The highest BCUT2D eigenvalue weighted by Gasteiger charge is 2.14. The fraction of sp³-hybridized carbons (Fsp3) is 0.409. The molecule has 1 aliphatic rings. The lowest BCUT2D eigenvalue weighted by atomic mass is 10.1. The first-order valence-electron chi connectivity index (χ1n) is 9.71. The van der Waals surface area contributed by atoms with E-state index in [2.05, 4.69) is 18.1 Å². The summed E-state index contributed by atoms with van der Waals surface area (Å²) in [6.07, 6.45) is 4.09. The van der Waals surface area contributed by atoms with Crippen LogP contribution in [0.15, 0.2) is 42.6 Å². The fourth-order valence-electron chi connectivity index (χ4n) is 3.45. The lowest BCUT2D eigenvalue weighted by molar-refractivity contribution is -0.0388. The molecule has 2 heterocycles. The Morgan fingerprint density at radius 1 is 1.07 bits per heavy atom. The van der Waals surface area contributed by atoms with Crippen LogP contribution >= 0.6 is 0 Å². The first kappa shape index (κ1) is 18.8. The van der Waals surface area contributed by atoms with E-state index >= 15 is 0 Å². The molecule has 0 unspecified atom stereocenters. The Bertz CT molecular complexity index is 914. The molecule has 0 spiro atoms. The molecule has 28 heavy (non-hydrogen) atoms. The lowest BCUT2D eigenvalue weighted by Gasteiger charge is -2.22. The minimum absolute atomic E-state index is 0.297. The molecule has 3 aromatic rings. The van der Waals surface area contributed by atoms with Gasteiger partial charge in [-0.05, 0) is 61.7 Å². The predicted molar refractivity (Wildman–Crippen MR) is 107 cm³/mol. The van der Waals surface area contributed by atoms with E-state index < -0.39 is 0 Å². The third kappa shape index (κ3) is 4.46. The third-order valence-corrected chi connectivity index (χ3v) is 4.87. The van der Waals surface area contributed by atoms with E-state index in [4.69, 9.17) is 18.9 Å². The van der Waals surface area contributed by atoms with Gasteiger partial charge in [0.2, 0.25) is 0 Å². The quantitative estimate of drug-likeness (QED) is 0.572. The maximum Gasteiger partial charge on any atom is 0.153 e. The Morgan fingerprint density at radius 2 is 1.82 bits per heavy atom. The van der Waals surface area contributed by atoms with Gasteiger partial charge in [-0.25, -0.2) is 0 Å². The molecule has 1 aromatic heterocycles. The molecule has 4 rings (SSSR count). The normalized spacial score (nSPS) is 15.1. The van der Waals surface area contributed by atoms with Crippen LogP contribution in [0.5, 0.6) is 17.2 Å². The molecule has 0 N–H and O–H groups in total. The van der Waals surface area contributed by atoms with Crippen molar-refractivity contribution in [3.05, 3.63) is 48.2 Å². The Hall–Kier alpha value is -2.57. The number of benzene rings is 2. The van der Waals surface area contributed by atoms with Crippen molar-refractivity contribution in [2.24, 2.45) is 7.05 Å². The Morgan fingerprint density at radius 3 is 2.61 bits per heavy atom. The summed E-state index contributed by atoms with van der Waals surface area (Å²) in [5.41, 5.74) is 2.12. The highest BCUT2D eigenvalue weighted by atomic mass is 16.5. The van der Waals surface area contributed by atoms with Gasteiger partial charge in [0, 0.05) is 25.6 Å². The van der Waals surface area contributed by atoms with Crippen molar-refractivity contribution in [3.63, 3.8) is 0 Å². The van der Waals surface area contributed by atoms with E-state index in [1.807, 2.05) is 48.3 Å². The smallest absolute Gasteiger partial charge is 0.153 e. The molecule has 0 radical (unpaired) electrons. The van der Waals surface area contributed by atoms with Crippen molar-refractivity contribution in [2.45, 2.75) is 25.9 Å². The minimum Gasteiger partial charge on any atom is -0.491 e. The topological polar surface area (TPSA) is 54.7 Å². The van der Waals surface area contributed by atoms with Gasteiger partial charge in [0.1, 0.15) is 23.6 Å². The molecule has 1 fully saturated rings. The largest absolute Gasteiger partial charge is 0.491 e. The van der Waals surface area contributed by atoms with Crippen LogP contribution in [0.25, 0.3) is 10.9 Å². The van der Waals surface area contributed by atoms with Crippen molar-refractivity contribution in [1.29, 1.82) is 0 Å². The second-order valence-corrected chi connectivity index (χ2v) is 7.07. The summed E-state index contributed by atoms with van der Waals surface area (Å²) in [5.74, 6) is 2.37. The maximum atomic E-state index is 6.12. The zero-order valence-corrected chi connectivity index (χ0v) is 16.4. The van der Waals surface area contributed by atoms with Crippen LogP contribution in [0.3, 0.4) is 0 Å². The van der Waals surface area contributed by atoms with Crippen LogP contribution in [-0.4, -0.2) is 42.3 Å². The lowest BCUT2D eigenvalue weighted by Crippen LogP contribution is -2.25. The maximum absolute atomic E-state index is 6.12. The van der Waals surface area contributed by atoms with Gasteiger partial charge in [0.05, 0.1) is 18.9 Å². The molecule has 2 aromatic carbocycles. The SMILES string of the molecule is Cc1cc(Oc2ccc(OCCOC3CCOCC3)cc2)c2c(cnn2C)c1. The molecule has 0 aliphatic carbocycles. The van der Waals surface area contributed by atoms with Gasteiger partial charge in [-0.2, -0.15) is 5.10 Å². The van der Waals surface area contributed by atoms with Crippen molar-refractivity contribution in [3.8, 4) is 17.2 Å². The Balaban J connectivity index is 1.33. The first-order valence-corrected chi connectivity index (χ1v) is 9.71. The molecular weight excluding hydrogens is 356 g/mol. The average molecular weight is 382 g/mol. The van der Waals surface area contributed by atoms with Crippen LogP contribution in [0.1, 0.15) is 18.4 Å². The van der Waals surface area contributed by atoms with Gasteiger partial charge in [0.25, 0.3) is 0 Å². The highest BCUT2D eigenvalue weighted by Crippen LogP contribution is 2.31. The van der Waals surface area contributed by atoms with Crippen molar-refractivity contribution in [2.75, 3.05) is 26.4 Å². The number of ether oxygens (including phenoxy) is 4. The molecular formula is C22H26N2O4. The van der Waals surface area contributed by atoms with E-state index in [0.29, 0.717) is 19.3 Å². The molecule has 0 amide bonds. The van der Waals surface area contributed by atoms with Crippen LogP contribution in [0.2, 0.25) is 0 Å². The molecule has 148 valence electrons. The summed E-state index contributed by atoms with van der Waals surface area (Å²) in [6.45, 7) is 4.76. The second-order valence-electron chi connectivity index (χ2n) is 7.07. The summed E-state index contributed by atoms with van der Waals surface area (Å²) in [7, 11) is 1.92. The van der Waals surface area contributed by atoms with Crippen molar-refractivity contribution >= 4 is 10.9 Å². The first-order chi connectivity index (χ1) is 13.7. The van der Waals surface area contributed by atoms with Crippen LogP contribution in [-0.2, 0) is 16.5 Å². The number of fused-ring (bicyclic) bond motifs is 1. The molecule has 0 atom stereocenters. The van der Waals surface area contributed by atoms with Crippen LogP contribution in [0, 0.1) is 6.92 Å². The van der Waals surface area contributed by atoms with Crippen molar-refractivity contribution < 1.29 is 18.9 Å². The number of aryl methyl sites for hydroxylation is 2. The van der Waals surface area contributed by atoms with E-state index in [1.165, 1.54) is 0 Å². The predicted octanol–water partition coefficient (Wildman–Crippen LogP) is 4.25. The number of aromatic nitrogens is 2. The summed E-state index contributed by atoms with van der Waals surface area (Å²) >= 11 is 0. The van der Waals surface area contributed by atoms with E-state index in [0.717, 1.165) is 59.8 Å². The average Bonchev–Trinajstić information content (AvgIpc) is 3.08. The summed E-state index contributed by atoms with van der Waals surface area (Å²) in [6, 6.07) is 11.8. The Kier molecular flexibility index (Phi) is 5.78. The molecule has 1 saturated heterocycles. The van der Waals surface area contributed by atoms with Crippen molar-refractivity contribution in [1.82, 2.24) is 9.78 Å². The van der Waals surface area contributed by atoms with Gasteiger partial charge in [0.15, 0.2) is 5.75 Å². The van der Waals surface area contributed by atoms with Gasteiger partial charge in [-0.1, -0.05) is 0 Å². The fourth-order valence-corrected chi connectivity index (χ4v) is 3.45. The van der Waals surface area contributed by atoms with Gasteiger partial charge in [-0.3, -0.25) is 4.68 Å². The summed E-state index contributed by atoms with van der Waals surface area (Å²) in [4.78, 5) is 0. The highest BCUT2D eigenvalue weighted by molar-refractivity contribution is 5.85. The monoisotopic (exact) mass is 382 g/mol. The van der Waals surface area contributed by atoms with Crippen LogP contribution < -0.4 is 9.47 Å². The van der Waals surface area contributed by atoms with E-state index in [9.17, 15) is 0 Å². The third-order valence-electron chi connectivity index (χ3n) is 4.87. The van der Waals surface area contributed by atoms with Crippen LogP contribution in [0.4, 0.5) is 0 Å². The van der Waals surface area contributed by atoms with E-state index in [1.54, 1.807) is 0 Å². The summed E-state index contributed by atoms with van der Waals surface area (Å²) in [5, 5.41) is 5.40. The van der Waals surface area contributed by atoms with Gasteiger partial charge in [-0.15, -0.1) is 0 Å². The number of rotatable bonds is 7. The molecule has 6 heteroatoms. The molecule has 6 nitrogen and oxygen atoms in total. The zero-order chi connectivity index (χ0) is 19.3. The standard InChI is InChI=1S/C22H26N2O4/c1-16-13-17-15-23-24(2)22(17)21(14-16)28-20-5-3-18(4-6-20)26-11-12-27-19-7-9-25-10-8-19/h3-6,13-15,19H,7-12H2,1-2H3. The second kappa shape index (κ2) is 8.63. The Labute approximate surface area is 165 Å². The summed E-state index contributed by atoms with van der Waals surface area (Å²) < 4.78 is 24.9. The minimum atomic E-state index is 0.297. The number of hydrogen-bond donors (Lipinski definition) is 0. The van der Waals surface area contributed by atoms with Gasteiger partial charge >= 0.3 is 0 Å².